The van der Waals surface area contributed by atoms with Gasteiger partial charge in [-0.05, 0) is 19.4 Å². The third-order valence-corrected chi connectivity index (χ3v) is 5.76. The lowest BCUT2D eigenvalue weighted by Crippen LogP contribution is -2.14. The van der Waals surface area contributed by atoms with E-state index in [2.05, 4.69) is 21.4 Å². The molecule has 2 aromatic heterocycles. The van der Waals surface area contributed by atoms with Crippen molar-refractivity contribution in [3.63, 3.8) is 0 Å². The Balaban J connectivity index is 1.53. The van der Waals surface area contributed by atoms with Crippen molar-refractivity contribution in [2.24, 2.45) is 0 Å². The van der Waals surface area contributed by atoms with Crippen molar-refractivity contribution in [2.45, 2.75) is 43.6 Å². The number of benzene rings is 1. The molecule has 0 aliphatic rings. The van der Waals surface area contributed by atoms with E-state index in [0.717, 1.165) is 22.0 Å². The highest BCUT2D eigenvalue weighted by Gasteiger charge is 2.10. The largest absolute Gasteiger partial charge is 0.445 e. The Morgan fingerprint density at radius 3 is 2.65 bits per heavy atom. The second kappa shape index (κ2) is 8.51. The van der Waals surface area contributed by atoms with Gasteiger partial charge in [-0.2, -0.15) is 0 Å². The van der Waals surface area contributed by atoms with Crippen LogP contribution >= 0.6 is 23.1 Å². The number of amides is 1. The molecule has 0 unspecified atom stereocenters. The molecule has 0 saturated carbocycles. The van der Waals surface area contributed by atoms with Crippen LogP contribution in [0.5, 0.6) is 0 Å². The predicted molar refractivity (Wildman–Crippen MR) is 106 cm³/mol. The van der Waals surface area contributed by atoms with Crippen LogP contribution in [0, 0.1) is 13.8 Å². The highest BCUT2D eigenvalue weighted by molar-refractivity contribution is 8.00. The molecule has 7 heteroatoms. The Hall–Kier alpha value is -2.12. The smallest absolute Gasteiger partial charge is 0.230 e. The third-order valence-electron chi connectivity index (χ3n) is 3.66. The van der Waals surface area contributed by atoms with Gasteiger partial charge in [-0.1, -0.05) is 47.6 Å². The fourth-order valence-corrected chi connectivity index (χ4v) is 4.36. The molecule has 1 N–H and O–H groups in total. The van der Waals surface area contributed by atoms with Gasteiger partial charge in [0.2, 0.25) is 11.8 Å². The molecule has 0 saturated heterocycles. The number of aromatic nitrogens is 2. The van der Waals surface area contributed by atoms with E-state index < -0.39 is 0 Å². The predicted octanol–water partition coefficient (Wildman–Crippen LogP) is 4.78. The topological polar surface area (TPSA) is 68.0 Å². The summed E-state index contributed by atoms with van der Waals surface area (Å²) in [4.78, 5) is 20.8. The summed E-state index contributed by atoms with van der Waals surface area (Å²) < 4.78 is 6.61. The first kappa shape index (κ1) is 18.7. The second-order valence-corrected chi connectivity index (χ2v) is 8.37. The molecular weight excluding hydrogens is 366 g/mol. The zero-order valence-electron chi connectivity index (χ0n) is 15.0. The summed E-state index contributed by atoms with van der Waals surface area (Å²) in [5.41, 5.74) is 3.35. The maximum absolute atomic E-state index is 12.3. The van der Waals surface area contributed by atoms with Crippen molar-refractivity contribution >= 4 is 34.1 Å². The number of thioether (sulfide) groups is 1. The van der Waals surface area contributed by atoms with Gasteiger partial charge < -0.3 is 9.73 Å². The minimum Gasteiger partial charge on any atom is -0.445 e. The van der Waals surface area contributed by atoms with Gasteiger partial charge in [-0.25, -0.2) is 9.97 Å². The number of oxazole rings is 1. The Bertz CT molecular complexity index is 882. The van der Waals surface area contributed by atoms with E-state index in [-0.39, 0.29) is 5.91 Å². The quantitative estimate of drug-likeness (QED) is 0.591. The lowest BCUT2D eigenvalue weighted by atomic mass is 10.0. The molecule has 1 amide bonds. The van der Waals surface area contributed by atoms with E-state index in [4.69, 9.17) is 4.42 Å². The molecule has 0 atom stereocenters. The maximum atomic E-state index is 12.3. The zero-order chi connectivity index (χ0) is 18.5. The standard InChI is InChI=1S/C19H21N3O2S2/c1-4-15-9-20-17(24-15)11-25-18-10-21-19(26-18)22-16(23)8-14-6-12(2)5-13(3)7-14/h5-7,9-10H,4,8,11H2,1-3H3,(H,21,22,23). The number of hydrogen-bond donors (Lipinski definition) is 1. The number of nitrogens with zero attached hydrogens (tertiary/aromatic N) is 2. The van der Waals surface area contributed by atoms with Gasteiger partial charge in [-0.15, -0.1) is 11.8 Å². The Morgan fingerprint density at radius 1 is 1.19 bits per heavy atom. The van der Waals surface area contributed by atoms with Crippen LogP contribution in [0.4, 0.5) is 5.13 Å². The first-order valence-corrected chi connectivity index (χ1v) is 10.2. The van der Waals surface area contributed by atoms with E-state index >= 15 is 0 Å². The highest BCUT2D eigenvalue weighted by atomic mass is 32.2. The van der Waals surface area contributed by atoms with Gasteiger partial charge in [0, 0.05) is 6.42 Å². The van der Waals surface area contributed by atoms with Crippen molar-refractivity contribution in [2.75, 3.05) is 5.32 Å². The van der Waals surface area contributed by atoms with Crippen LogP contribution in [0.1, 0.15) is 35.3 Å². The van der Waals surface area contributed by atoms with Gasteiger partial charge in [-0.3, -0.25) is 4.79 Å². The summed E-state index contributed by atoms with van der Waals surface area (Å²) in [7, 11) is 0. The average molecular weight is 388 g/mol. The van der Waals surface area contributed by atoms with E-state index in [1.807, 2.05) is 32.9 Å². The molecule has 0 aliphatic carbocycles. The van der Waals surface area contributed by atoms with Crippen molar-refractivity contribution in [3.05, 3.63) is 58.9 Å². The molecule has 2 heterocycles. The van der Waals surface area contributed by atoms with Gasteiger partial charge in [0.05, 0.1) is 28.8 Å². The summed E-state index contributed by atoms with van der Waals surface area (Å²) in [6.07, 6.45) is 4.72. The number of carbonyl (C=O) groups excluding carboxylic acids is 1. The van der Waals surface area contributed by atoms with E-state index in [0.29, 0.717) is 23.2 Å². The normalized spacial score (nSPS) is 10.9. The Morgan fingerprint density at radius 2 is 1.96 bits per heavy atom. The first-order valence-electron chi connectivity index (χ1n) is 8.41. The third kappa shape index (κ3) is 5.19. The number of rotatable bonds is 7. The number of aryl methyl sites for hydroxylation is 3. The van der Waals surface area contributed by atoms with Crippen LogP contribution in [0.3, 0.4) is 0 Å². The Kier molecular flexibility index (Phi) is 6.11. The summed E-state index contributed by atoms with van der Waals surface area (Å²) in [5.74, 6) is 2.20. The minimum absolute atomic E-state index is 0.0545. The van der Waals surface area contributed by atoms with Crippen LogP contribution in [-0.4, -0.2) is 15.9 Å². The summed E-state index contributed by atoms with van der Waals surface area (Å²) in [5, 5.41) is 3.49. The van der Waals surface area contributed by atoms with E-state index in [1.54, 1.807) is 24.2 Å². The fraction of sp³-hybridized carbons (Fsp3) is 0.316. The lowest BCUT2D eigenvalue weighted by Gasteiger charge is -2.05. The lowest BCUT2D eigenvalue weighted by molar-refractivity contribution is -0.115. The van der Waals surface area contributed by atoms with E-state index in [9.17, 15) is 4.79 Å². The number of thiazole rings is 1. The molecule has 0 bridgehead atoms. The van der Waals surface area contributed by atoms with Crippen LogP contribution in [0.2, 0.25) is 0 Å². The Labute approximate surface area is 161 Å². The molecule has 0 aliphatic heterocycles. The summed E-state index contributed by atoms with van der Waals surface area (Å²) >= 11 is 3.06. The van der Waals surface area contributed by atoms with Crippen molar-refractivity contribution in [1.29, 1.82) is 0 Å². The van der Waals surface area contributed by atoms with Gasteiger partial charge >= 0.3 is 0 Å². The minimum atomic E-state index is -0.0545. The van der Waals surface area contributed by atoms with Crippen molar-refractivity contribution in [3.8, 4) is 0 Å². The van der Waals surface area contributed by atoms with Gasteiger partial charge in [0.25, 0.3) is 0 Å². The number of hydrogen-bond acceptors (Lipinski definition) is 6. The monoisotopic (exact) mass is 387 g/mol. The van der Waals surface area contributed by atoms with Crippen molar-refractivity contribution < 1.29 is 9.21 Å². The number of anilines is 1. The second-order valence-electron chi connectivity index (χ2n) is 6.07. The van der Waals surface area contributed by atoms with Crippen LogP contribution < -0.4 is 5.32 Å². The molecule has 26 heavy (non-hydrogen) atoms. The molecule has 1 aromatic carbocycles. The number of nitrogens with one attached hydrogen (secondary N) is 1. The molecular formula is C19H21N3O2S2. The molecule has 0 spiro atoms. The van der Waals surface area contributed by atoms with Crippen LogP contribution in [-0.2, 0) is 23.4 Å². The average Bonchev–Trinajstić information content (AvgIpc) is 3.20. The van der Waals surface area contributed by atoms with Crippen molar-refractivity contribution in [1.82, 2.24) is 9.97 Å². The molecule has 136 valence electrons. The molecule has 0 radical (unpaired) electrons. The maximum Gasteiger partial charge on any atom is 0.230 e. The van der Waals surface area contributed by atoms with Crippen LogP contribution in [0.25, 0.3) is 0 Å². The van der Waals surface area contributed by atoms with Crippen LogP contribution in [0.15, 0.2) is 39.2 Å². The molecule has 3 rings (SSSR count). The van der Waals surface area contributed by atoms with Gasteiger partial charge in [0.15, 0.2) is 5.13 Å². The molecule has 3 aromatic rings. The van der Waals surface area contributed by atoms with Gasteiger partial charge in [0.1, 0.15) is 5.76 Å². The number of carbonyl (C=O) groups is 1. The fourth-order valence-electron chi connectivity index (χ4n) is 2.61. The SMILES string of the molecule is CCc1cnc(CSc2cnc(NC(=O)Cc3cc(C)cc(C)c3)s2)o1. The zero-order valence-corrected chi connectivity index (χ0v) is 16.7. The first-order chi connectivity index (χ1) is 12.5. The highest BCUT2D eigenvalue weighted by Crippen LogP contribution is 2.30. The summed E-state index contributed by atoms with van der Waals surface area (Å²) in [6, 6.07) is 6.18. The van der Waals surface area contributed by atoms with E-state index in [1.165, 1.54) is 22.5 Å². The molecule has 0 fully saturated rings. The molecule has 5 nitrogen and oxygen atoms in total. The summed E-state index contributed by atoms with van der Waals surface area (Å²) in [6.45, 7) is 6.11.